The van der Waals surface area contributed by atoms with Crippen LogP contribution in [0.3, 0.4) is 0 Å². The van der Waals surface area contributed by atoms with Crippen LogP contribution in [0.25, 0.3) is 0 Å². The molecule has 1 radical (unpaired) electrons. The molecule has 135 valence electrons. The van der Waals surface area contributed by atoms with Crippen molar-refractivity contribution in [2.45, 2.75) is 47.4 Å². The molecule has 0 bridgehead atoms. The Bertz CT molecular complexity index is 735. The third-order valence-corrected chi connectivity index (χ3v) is 17.3. The van der Waals surface area contributed by atoms with E-state index in [9.17, 15) is 0 Å². The predicted molar refractivity (Wildman–Crippen MR) is 118 cm³/mol. The number of rotatable bonds is 7. The van der Waals surface area contributed by atoms with Crippen LogP contribution in [0.5, 0.6) is 0 Å². The summed E-state index contributed by atoms with van der Waals surface area (Å²) in [6.45, 7) is 9.74. The third-order valence-electron chi connectivity index (χ3n) is 5.35. The maximum atomic E-state index is 2.44. The van der Waals surface area contributed by atoms with Gasteiger partial charge in [0.15, 0.2) is 0 Å². The number of hydrogen-bond donors (Lipinski definition) is 0. The van der Waals surface area contributed by atoms with Gasteiger partial charge in [-0.05, 0) is 0 Å². The zero-order valence-corrected chi connectivity index (χ0v) is 20.0. The summed E-state index contributed by atoms with van der Waals surface area (Å²) >= 11 is 0.0435. The molecule has 0 amide bonds. The summed E-state index contributed by atoms with van der Waals surface area (Å²) in [5.74, 6) is 0. The van der Waals surface area contributed by atoms with E-state index in [0.29, 0.717) is 0 Å². The van der Waals surface area contributed by atoms with Crippen LogP contribution in [0, 0.1) is 0 Å². The molecule has 0 saturated heterocycles. The summed E-state index contributed by atoms with van der Waals surface area (Å²) in [5.41, 5.74) is 3.44. The molecule has 0 aliphatic carbocycles. The van der Waals surface area contributed by atoms with Crippen LogP contribution < -0.4 is 3.58 Å². The number of hydrogen-bond acceptors (Lipinski definition) is 1. The van der Waals surface area contributed by atoms with Crippen LogP contribution in [-0.2, 0) is 10.8 Å². The van der Waals surface area contributed by atoms with E-state index in [1.165, 1.54) is 20.0 Å². The molecule has 2 heteroatoms. The Morgan fingerprint density at radius 1 is 0.692 bits per heavy atom. The second kappa shape index (κ2) is 8.31. The Labute approximate surface area is 170 Å². The minimum atomic E-state index is -1.82. The molecule has 3 rings (SSSR count). The standard InChI is InChI=1S/2C10H13.C4H3S.Sn/c2*1-10(2,3)9-7-5-4-6-8-9;1-2-4-5-3-1;/h2*4-8H,1H2,2-3H3;1,3-4H;. The molecule has 0 unspecified atom stereocenters. The SMILES string of the molecule is CC(C)([CH2][Sn]([CH2]C(C)(C)c1ccccc1)[c]1ccsc1)c1ccccc1. The van der Waals surface area contributed by atoms with Crippen molar-refractivity contribution in [1.29, 1.82) is 0 Å². The van der Waals surface area contributed by atoms with Crippen molar-refractivity contribution in [1.82, 2.24) is 0 Å². The molecule has 0 nitrogen and oxygen atoms in total. The van der Waals surface area contributed by atoms with Gasteiger partial charge in [-0.3, -0.25) is 0 Å². The van der Waals surface area contributed by atoms with Crippen molar-refractivity contribution in [3.8, 4) is 0 Å². The zero-order valence-electron chi connectivity index (χ0n) is 16.3. The topological polar surface area (TPSA) is 0 Å². The molecule has 0 fully saturated rings. The molecular weight excluding hydrogens is 439 g/mol. The summed E-state index contributed by atoms with van der Waals surface area (Å²) in [4.78, 5) is 0. The second-order valence-electron chi connectivity index (χ2n) is 8.47. The van der Waals surface area contributed by atoms with Crippen molar-refractivity contribution < 1.29 is 0 Å². The van der Waals surface area contributed by atoms with Crippen molar-refractivity contribution in [3.63, 3.8) is 0 Å². The summed E-state index contributed by atoms with van der Waals surface area (Å²) in [7, 11) is 0. The molecule has 1 aromatic heterocycles. The fourth-order valence-electron chi connectivity index (χ4n) is 3.78. The van der Waals surface area contributed by atoms with E-state index in [-0.39, 0.29) is 10.8 Å². The maximum absolute atomic E-state index is 2.44. The average Bonchev–Trinajstić information content (AvgIpc) is 3.17. The van der Waals surface area contributed by atoms with Gasteiger partial charge in [-0.1, -0.05) is 0 Å². The van der Waals surface area contributed by atoms with Gasteiger partial charge >= 0.3 is 171 Å². The van der Waals surface area contributed by atoms with Crippen molar-refractivity contribution in [2.24, 2.45) is 0 Å². The van der Waals surface area contributed by atoms with Gasteiger partial charge in [0.05, 0.1) is 0 Å². The molecular formula is C24H29SSn. The van der Waals surface area contributed by atoms with E-state index in [4.69, 9.17) is 0 Å². The number of benzene rings is 2. The van der Waals surface area contributed by atoms with Gasteiger partial charge in [0, 0.05) is 0 Å². The van der Waals surface area contributed by atoms with E-state index in [1.807, 2.05) is 11.3 Å². The second-order valence-corrected chi connectivity index (χ2v) is 16.4. The van der Waals surface area contributed by atoms with Crippen LogP contribution >= 0.6 is 11.3 Å². The number of thiophene rings is 1. The molecule has 3 aromatic rings. The fourth-order valence-corrected chi connectivity index (χ4v) is 16.5. The molecule has 0 atom stereocenters. The van der Waals surface area contributed by atoms with Crippen LogP contribution in [0.2, 0.25) is 8.87 Å². The molecule has 0 spiro atoms. The Kier molecular flexibility index (Phi) is 6.29. The van der Waals surface area contributed by atoms with Gasteiger partial charge in [-0.25, -0.2) is 0 Å². The molecule has 1 heterocycles. The van der Waals surface area contributed by atoms with Gasteiger partial charge in [0.25, 0.3) is 0 Å². The van der Waals surface area contributed by atoms with E-state index < -0.39 is 19.8 Å². The van der Waals surface area contributed by atoms with E-state index in [2.05, 4.69) is 105 Å². The monoisotopic (exact) mass is 469 g/mol. The van der Waals surface area contributed by atoms with Crippen molar-refractivity contribution in [3.05, 3.63) is 88.6 Å². The molecule has 0 aliphatic heterocycles. The average molecular weight is 468 g/mol. The minimum absolute atomic E-state index is 0.241. The first-order valence-corrected chi connectivity index (χ1v) is 15.8. The van der Waals surface area contributed by atoms with Crippen molar-refractivity contribution in [2.75, 3.05) is 0 Å². The third kappa shape index (κ3) is 4.80. The molecule has 2 aromatic carbocycles. The first-order valence-electron chi connectivity index (χ1n) is 9.37. The normalized spacial score (nSPS) is 12.5. The van der Waals surface area contributed by atoms with E-state index >= 15 is 0 Å². The first kappa shape index (κ1) is 19.7. The van der Waals surface area contributed by atoms with Crippen LogP contribution in [0.4, 0.5) is 0 Å². The van der Waals surface area contributed by atoms with Crippen molar-refractivity contribution >= 4 is 34.7 Å². The van der Waals surface area contributed by atoms with Gasteiger partial charge in [0.2, 0.25) is 0 Å². The van der Waals surface area contributed by atoms with Gasteiger partial charge in [-0.15, -0.1) is 0 Å². The molecule has 0 saturated carbocycles. The Balaban J connectivity index is 1.87. The zero-order chi connectivity index (χ0) is 18.6. The summed E-state index contributed by atoms with van der Waals surface area (Å²) in [6.07, 6.45) is 0. The van der Waals surface area contributed by atoms with Crippen LogP contribution in [0.1, 0.15) is 38.8 Å². The quantitative estimate of drug-likeness (QED) is 0.352. The Hall–Kier alpha value is -1.06. The molecule has 0 N–H and O–H groups in total. The van der Waals surface area contributed by atoms with Gasteiger partial charge in [0.1, 0.15) is 0 Å². The summed E-state index contributed by atoms with van der Waals surface area (Å²) in [6, 6.07) is 24.6. The molecule has 0 aliphatic rings. The Morgan fingerprint density at radius 3 is 1.54 bits per heavy atom. The summed E-state index contributed by atoms with van der Waals surface area (Å²) < 4.78 is 4.39. The summed E-state index contributed by atoms with van der Waals surface area (Å²) in [5, 5.41) is 4.69. The van der Waals surface area contributed by atoms with E-state index in [1.54, 1.807) is 3.58 Å². The van der Waals surface area contributed by atoms with Gasteiger partial charge < -0.3 is 0 Å². The first-order chi connectivity index (χ1) is 12.4. The van der Waals surface area contributed by atoms with Gasteiger partial charge in [-0.2, -0.15) is 0 Å². The van der Waals surface area contributed by atoms with Crippen LogP contribution in [-0.4, -0.2) is 19.8 Å². The fraction of sp³-hybridized carbons (Fsp3) is 0.333. The van der Waals surface area contributed by atoms with E-state index in [0.717, 1.165) is 0 Å². The Morgan fingerprint density at radius 2 is 1.15 bits per heavy atom. The predicted octanol–water partition coefficient (Wildman–Crippen LogP) is 6.41. The molecule has 26 heavy (non-hydrogen) atoms. The van der Waals surface area contributed by atoms with Crippen LogP contribution in [0.15, 0.2) is 77.5 Å².